The van der Waals surface area contributed by atoms with Crippen molar-refractivity contribution in [3.05, 3.63) is 12.7 Å². The first-order valence-corrected chi connectivity index (χ1v) is 3.62. The van der Waals surface area contributed by atoms with Crippen LogP contribution in [0, 0.1) is 0 Å². The fraction of sp³-hybridized carbons (Fsp3) is 0.750. The van der Waals surface area contributed by atoms with Crippen molar-refractivity contribution in [3.63, 3.8) is 0 Å². The van der Waals surface area contributed by atoms with Gasteiger partial charge in [-0.3, -0.25) is 0 Å². The second-order valence-corrected chi connectivity index (χ2v) is 2.79. The van der Waals surface area contributed by atoms with Gasteiger partial charge in [0.2, 0.25) is 0 Å². The van der Waals surface area contributed by atoms with Gasteiger partial charge in [0, 0.05) is 0 Å². The molecule has 1 fully saturated rings. The average molecular weight is 142 g/mol. The molecule has 0 bridgehead atoms. The van der Waals surface area contributed by atoms with E-state index >= 15 is 0 Å². The van der Waals surface area contributed by atoms with Crippen LogP contribution >= 0.6 is 0 Å². The maximum absolute atomic E-state index is 5.48. The molecule has 0 aromatic rings. The lowest BCUT2D eigenvalue weighted by atomic mass is 10.2. The van der Waals surface area contributed by atoms with Crippen molar-refractivity contribution >= 4 is 0 Å². The van der Waals surface area contributed by atoms with Crippen LogP contribution in [0.5, 0.6) is 0 Å². The molecule has 0 aromatic heterocycles. The van der Waals surface area contributed by atoms with Gasteiger partial charge in [-0.2, -0.15) is 0 Å². The molecule has 2 atom stereocenters. The van der Waals surface area contributed by atoms with E-state index in [4.69, 9.17) is 9.47 Å². The minimum Gasteiger partial charge on any atom is -0.347 e. The third kappa shape index (κ3) is 1.58. The Hall–Kier alpha value is -0.340. The maximum Gasteiger partial charge on any atom is 0.184 e. The Bertz CT molecular complexity index is 133. The maximum atomic E-state index is 5.48. The predicted octanol–water partition coefficient (Wildman–Crippen LogP) is 1.71. The molecule has 2 heteroatoms. The summed E-state index contributed by atoms with van der Waals surface area (Å²) in [5, 5.41) is 0. The summed E-state index contributed by atoms with van der Waals surface area (Å²) in [7, 11) is 0. The van der Waals surface area contributed by atoms with Crippen LogP contribution in [0.25, 0.3) is 0 Å². The second kappa shape index (κ2) is 2.72. The molecule has 0 aromatic carbocycles. The molecule has 0 amide bonds. The van der Waals surface area contributed by atoms with E-state index in [0.717, 1.165) is 13.0 Å². The first-order valence-electron chi connectivity index (χ1n) is 3.62. The van der Waals surface area contributed by atoms with Crippen LogP contribution in [-0.2, 0) is 9.47 Å². The molecule has 1 aliphatic rings. The zero-order valence-corrected chi connectivity index (χ0v) is 6.59. The van der Waals surface area contributed by atoms with Crippen molar-refractivity contribution in [2.45, 2.75) is 32.2 Å². The summed E-state index contributed by atoms with van der Waals surface area (Å²) in [6.45, 7) is 8.34. The third-order valence-corrected chi connectivity index (χ3v) is 1.72. The minimum atomic E-state index is -0.544. The monoisotopic (exact) mass is 142 g/mol. The SMILES string of the molecule is C=CC1(C)OCCC(C)O1. The van der Waals surface area contributed by atoms with Crippen LogP contribution in [0.3, 0.4) is 0 Å². The molecule has 1 aliphatic heterocycles. The van der Waals surface area contributed by atoms with E-state index in [1.54, 1.807) is 6.08 Å². The fourth-order valence-electron chi connectivity index (χ4n) is 1.03. The molecular weight excluding hydrogens is 128 g/mol. The smallest absolute Gasteiger partial charge is 0.184 e. The summed E-state index contributed by atoms with van der Waals surface area (Å²) in [6, 6.07) is 0. The van der Waals surface area contributed by atoms with Crippen molar-refractivity contribution in [1.29, 1.82) is 0 Å². The van der Waals surface area contributed by atoms with Gasteiger partial charge in [0.05, 0.1) is 12.7 Å². The van der Waals surface area contributed by atoms with E-state index in [2.05, 4.69) is 6.58 Å². The van der Waals surface area contributed by atoms with Crippen LogP contribution in [0.2, 0.25) is 0 Å². The number of ether oxygens (including phenoxy) is 2. The van der Waals surface area contributed by atoms with Crippen molar-refractivity contribution in [3.8, 4) is 0 Å². The Morgan fingerprint density at radius 2 is 2.40 bits per heavy atom. The molecule has 58 valence electrons. The Balaban J connectivity index is 2.53. The highest BCUT2D eigenvalue weighted by molar-refractivity contribution is 4.87. The van der Waals surface area contributed by atoms with Crippen LogP contribution in [0.4, 0.5) is 0 Å². The predicted molar refractivity (Wildman–Crippen MR) is 39.7 cm³/mol. The highest BCUT2D eigenvalue weighted by atomic mass is 16.7. The fourth-order valence-corrected chi connectivity index (χ4v) is 1.03. The van der Waals surface area contributed by atoms with Gasteiger partial charge in [0.1, 0.15) is 0 Å². The Morgan fingerprint density at radius 1 is 1.70 bits per heavy atom. The molecule has 0 spiro atoms. The van der Waals surface area contributed by atoms with Crippen molar-refractivity contribution in [2.24, 2.45) is 0 Å². The molecule has 1 heterocycles. The highest BCUT2D eigenvalue weighted by Gasteiger charge is 2.28. The van der Waals surface area contributed by atoms with E-state index in [-0.39, 0.29) is 6.10 Å². The van der Waals surface area contributed by atoms with Crippen molar-refractivity contribution in [2.75, 3.05) is 6.61 Å². The molecule has 2 nitrogen and oxygen atoms in total. The van der Waals surface area contributed by atoms with Gasteiger partial charge in [0.25, 0.3) is 0 Å². The lowest BCUT2D eigenvalue weighted by molar-refractivity contribution is -0.250. The van der Waals surface area contributed by atoms with Crippen molar-refractivity contribution in [1.82, 2.24) is 0 Å². The molecule has 0 radical (unpaired) electrons. The Labute approximate surface area is 61.8 Å². The van der Waals surface area contributed by atoms with Gasteiger partial charge < -0.3 is 9.47 Å². The second-order valence-electron chi connectivity index (χ2n) is 2.79. The summed E-state index contributed by atoms with van der Waals surface area (Å²) >= 11 is 0. The average Bonchev–Trinajstić information content (AvgIpc) is 1.88. The van der Waals surface area contributed by atoms with Gasteiger partial charge >= 0.3 is 0 Å². The molecule has 1 saturated heterocycles. The van der Waals surface area contributed by atoms with Crippen molar-refractivity contribution < 1.29 is 9.47 Å². The number of hydrogen-bond acceptors (Lipinski definition) is 2. The first-order chi connectivity index (χ1) is 4.66. The lowest BCUT2D eigenvalue weighted by Gasteiger charge is -2.34. The zero-order chi connectivity index (χ0) is 7.61. The molecule has 0 aliphatic carbocycles. The molecule has 10 heavy (non-hydrogen) atoms. The molecule has 0 N–H and O–H groups in total. The van der Waals surface area contributed by atoms with Gasteiger partial charge in [-0.25, -0.2) is 0 Å². The number of hydrogen-bond donors (Lipinski definition) is 0. The van der Waals surface area contributed by atoms with Crippen LogP contribution < -0.4 is 0 Å². The summed E-state index contributed by atoms with van der Waals surface area (Å²) in [6.07, 6.45) is 2.96. The summed E-state index contributed by atoms with van der Waals surface area (Å²) in [5.41, 5.74) is 0. The highest BCUT2D eigenvalue weighted by Crippen LogP contribution is 2.22. The Morgan fingerprint density at radius 3 is 2.80 bits per heavy atom. The Kier molecular flexibility index (Phi) is 2.11. The third-order valence-electron chi connectivity index (χ3n) is 1.72. The quantitative estimate of drug-likeness (QED) is 0.519. The standard InChI is InChI=1S/C8H14O2/c1-4-8(3)9-6-5-7(2)10-8/h4,7H,1,5-6H2,2-3H3. The lowest BCUT2D eigenvalue weighted by Crippen LogP contribution is -2.39. The largest absolute Gasteiger partial charge is 0.347 e. The van der Waals surface area contributed by atoms with Crippen LogP contribution in [0.15, 0.2) is 12.7 Å². The molecular formula is C8H14O2. The molecule has 2 unspecified atom stereocenters. The topological polar surface area (TPSA) is 18.5 Å². The van der Waals surface area contributed by atoms with E-state index in [9.17, 15) is 0 Å². The van der Waals surface area contributed by atoms with E-state index in [1.165, 1.54) is 0 Å². The van der Waals surface area contributed by atoms with Gasteiger partial charge in [-0.15, -0.1) is 0 Å². The van der Waals surface area contributed by atoms with E-state index in [0.29, 0.717) is 0 Å². The normalized spacial score (nSPS) is 41.2. The van der Waals surface area contributed by atoms with E-state index in [1.807, 2.05) is 13.8 Å². The zero-order valence-electron chi connectivity index (χ0n) is 6.59. The molecule has 0 saturated carbocycles. The summed E-state index contributed by atoms with van der Waals surface area (Å²) < 4.78 is 10.8. The van der Waals surface area contributed by atoms with Crippen LogP contribution in [0.1, 0.15) is 20.3 Å². The number of rotatable bonds is 1. The minimum absolute atomic E-state index is 0.289. The van der Waals surface area contributed by atoms with Gasteiger partial charge in [-0.1, -0.05) is 6.58 Å². The van der Waals surface area contributed by atoms with Crippen LogP contribution in [-0.4, -0.2) is 18.5 Å². The molecule has 1 rings (SSSR count). The summed E-state index contributed by atoms with van der Waals surface area (Å²) in [5.74, 6) is -0.544. The summed E-state index contributed by atoms with van der Waals surface area (Å²) in [4.78, 5) is 0. The van der Waals surface area contributed by atoms with Gasteiger partial charge in [-0.05, 0) is 26.3 Å². The first kappa shape index (κ1) is 7.76. The van der Waals surface area contributed by atoms with Gasteiger partial charge in [0.15, 0.2) is 5.79 Å². The van der Waals surface area contributed by atoms with E-state index < -0.39 is 5.79 Å².